The summed E-state index contributed by atoms with van der Waals surface area (Å²) in [5.41, 5.74) is 2.55. The summed E-state index contributed by atoms with van der Waals surface area (Å²) in [6, 6.07) is 8.29. The normalized spacial score (nSPS) is 16.8. The molecular formula is C21H19F3N4O. The summed E-state index contributed by atoms with van der Waals surface area (Å²) in [5.74, 6) is -0.287. The summed E-state index contributed by atoms with van der Waals surface area (Å²) >= 11 is 0. The van der Waals surface area contributed by atoms with E-state index in [1.165, 1.54) is 17.0 Å². The lowest BCUT2D eigenvalue weighted by Gasteiger charge is -2.32. The molecule has 0 radical (unpaired) electrons. The molecule has 0 N–H and O–H groups in total. The molecule has 0 aliphatic carbocycles. The van der Waals surface area contributed by atoms with Crippen molar-refractivity contribution in [3.63, 3.8) is 0 Å². The number of fused-ring (bicyclic) bond motifs is 1. The molecule has 29 heavy (non-hydrogen) atoms. The number of hydrogen-bond donors (Lipinski definition) is 0. The van der Waals surface area contributed by atoms with Crippen molar-refractivity contribution < 1.29 is 18.0 Å². The minimum absolute atomic E-state index is 0.119. The zero-order chi connectivity index (χ0) is 20.8. The van der Waals surface area contributed by atoms with E-state index >= 15 is 0 Å². The number of hydrogen-bond acceptors (Lipinski definition) is 3. The van der Waals surface area contributed by atoms with Crippen molar-refractivity contribution in [2.24, 2.45) is 0 Å². The summed E-state index contributed by atoms with van der Waals surface area (Å²) in [5, 5.41) is 4.39. The number of aromatic nitrogens is 3. The van der Waals surface area contributed by atoms with Crippen LogP contribution in [0.3, 0.4) is 0 Å². The Morgan fingerprint density at radius 1 is 1.17 bits per heavy atom. The van der Waals surface area contributed by atoms with E-state index in [9.17, 15) is 18.0 Å². The summed E-state index contributed by atoms with van der Waals surface area (Å²) in [4.78, 5) is 19.1. The molecule has 3 heterocycles. The van der Waals surface area contributed by atoms with Gasteiger partial charge in [-0.3, -0.25) is 14.5 Å². The van der Waals surface area contributed by atoms with Gasteiger partial charge in [0.15, 0.2) is 0 Å². The molecule has 1 amide bonds. The fourth-order valence-corrected chi connectivity index (χ4v) is 3.57. The van der Waals surface area contributed by atoms with Crippen molar-refractivity contribution in [1.82, 2.24) is 14.8 Å². The molecule has 1 aliphatic heterocycles. The van der Waals surface area contributed by atoms with E-state index in [1.54, 1.807) is 17.1 Å². The van der Waals surface area contributed by atoms with Gasteiger partial charge in [-0.2, -0.15) is 18.3 Å². The molecule has 1 unspecified atom stereocenters. The van der Waals surface area contributed by atoms with Crippen molar-refractivity contribution in [2.75, 3.05) is 11.4 Å². The molecule has 3 aromatic rings. The van der Waals surface area contributed by atoms with Gasteiger partial charge in [-0.15, -0.1) is 0 Å². The number of anilines is 1. The number of carbonyl (C=O) groups excluding carboxylic acids is 1. The van der Waals surface area contributed by atoms with Crippen LogP contribution >= 0.6 is 0 Å². The van der Waals surface area contributed by atoms with Crippen LogP contribution in [0.2, 0.25) is 0 Å². The highest BCUT2D eigenvalue weighted by molar-refractivity contribution is 6.09. The zero-order valence-corrected chi connectivity index (χ0v) is 15.9. The smallest absolute Gasteiger partial charge is 0.305 e. The van der Waals surface area contributed by atoms with Crippen LogP contribution in [0.1, 0.15) is 41.6 Å². The minimum atomic E-state index is -4.41. The second-order valence-corrected chi connectivity index (χ2v) is 7.05. The van der Waals surface area contributed by atoms with Crippen molar-refractivity contribution in [1.29, 1.82) is 0 Å². The molecule has 5 nitrogen and oxygen atoms in total. The van der Waals surface area contributed by atoms with Crippen LogP contribution in [-0.2, 0) is 12.6 Å². The molecular weight excluding hydrogens is 381 g/mol. The van der Waals surface area contributed by atoms with Crippen LogP contribution in [0.5, 0.6) is 0 Å². The lowest BCUT2D eigenvalue weighted by Crippen LogP contribution is -2.42. The van der Waals surface area contributed by atoms with E-state index in [1.807, 2.05) is 26.0 Å². The Bertz CT molecular complexity index is 1060. The number of alkyl halides is 3. The predicted octanol–water partition coefficient (Wildman–Crippen LogP) is 4.75. The Balaban J connectivity index is 1.74. The third-order valence-electron chi connectivity index (χ3n) is 5.10. The molecule has 8 heteroatoms. The fraction of sp³-hybridized carbons (Fsp3) is 0.286. The first kappa shape index (κ1) is 19.2. The number of aryl methyl sites for hydroxylation is 1. The first-order valence-electron chi connectivity index (χ1n) is 9.31. The Hall–Kier alpha value is -3.16. The molecule has 0 saturated carbocycles. The lowest BCUT2D eigenvalue weighted by atomic mass is 10.0. The third kappa shape index (κ3) is 3.39. The van der Waals surface area contributed by atoms with Gasteiger partial charge in [-0.05, 0) is 55.3 Å². The first-order chi connectivity index (χ1) is 13.8. The van der Waals surface area contributed by atoms with Gasteiger partial charge in [0, 0.05) is 29.7 Å². The van der Waals surface area contributed by atoms with E-state index in [0.29, 0.717) is 23.5 Å². The Kier molecular flexibility index (Phi) is 4.64. The summed E-state index contributed by atoms with van der Waals surface area (Å²) in [6.07, 6.45) is -0.293. The number of rotatable bonds is 3. The topological polar surface area (TPSA) is 51.0 Å². The summed E-state index contributed by atoms with van der Waals surface area (Å²) in [7, 11) is 0. The van der Waals surface area contributed by atoms with Crippen molar-refractivity contribution in [3.8, 4) is 11.1 Å². The largest absolute Gasteiger partial charge is 0.416 e. The zero-order valence-electron chi connectivity index (χ0n) is 15.9. The third-order valence-corrected chi connectivity index (χ3v) is 5.10. The standard InChI is InChI=1S/C21H19F3N4O/c1-3-16-10-14(8-9-25-16)18-11-26-28-13(2)12-27(20(29)19(18)28)17-6-4-15(5-7-17)21(22,23)24/h4-11,13H,3,12H2,1-2H3. The number of nitrogens with zero attached hydrogens (tertiary/aromatic N) is 4. The highest BCUT2D eigenvalue weighted by atomic mass is 19.4. The predicted molar refractivity (Wildman–Crippen MR) is 103 cm³/mol. The van der Waals surface area contributed by atoms with Gasteiger partial charge in [0.25, 0.3) is 5.91 Å². The van der Waals surface area contributed by atoms with E-state index in [2.05, 4.69) is 10.1 Å². The Morgan fingerprint density at radius 2 is 1.90 bits per heavy atom. The van der Waals surface area contributed by atoms with Gasteiger partial charge in [0.05, 0.1) is 17.8 Å². The van der Waals surface area contributed by atoms with Gasteiger partial charge < -0.3 is 4.90 Å². The monoisotopic (exact) mass is 400 g/mol. The number of pyridine rings is 1. The van der Waals surface area contributed by atoms with E-state index in [4.69, 9.17) is 0 Å². The van der Waals surface area contributed by atoms with Gasteiger partial charge in [0.1, 0.15) is 5.69 Å². The molecule has 1 aromatic carbocycles. The van der Waals surface area contributed by atoms with Gasteiger partial charge in [0.2, 0.25) is 0 Å². The highest BCUT2D eigenvalue weighted by Gasteiger charge is 2.35. The van der Waals surface area contributed by atoms with E-state index < -0.39 is 11.7 Å². The number of carbonyl (C=O) groups is 1. The Labute approximate surface area is 165 Å². The minimum Gasteiger partial charge on any atom is -0.305 e. The highest BCUT2D eigenvalue weighted by Crippen LogP contribution is 2.34. The molecule has 150 valence electrons. The van der Waals surface area contributed by atoms with Crippen LogP contribution in [-0.4, -0.2) is 27.2 Å². The molecule has 2 aromatic heterocycles. The maximum absolute atomic E-state index is 13.3. The maximum atomic E-state index is 13.3. The number of halogens is 3. The first-order valence-corrected chi connectivity index (χ1v) is 9.31. The molecule has 0 saturated heterocycles. The lowest BCUT2D eigenvalue weighted by molar-refractivity contribution is -0.137. The second-order valence-electron chi connectivity index (χ2n) is 7.05. The second kappa shape index (κ2) is 7.02. The van der Waals surface area contributed by atoms with Gasteiger partial charge in [-0.1, -0.05) is 6.92 Å². The molecule has 1 aliphatic rings. The van der Waals surface area contributed by atoms with E-state index in [-0.39, 0.29) is 11.9 Å². The average Bonchev–Trinajstić information content (AvgIpc) is 3.16. The fourth-order valence-electron chi connectivity index (χ4n) is 3.57. The molecule has 1 atom stereocenters. The van der Waals surface area contributed by atoms with Crippen LogP contribution < -0.4 is 4.90 Å². The number of amides is 1. The van der Waals surface area contributed by atoms with Crippen molar-refractivity contribution in [3.05, 3.63) is 65.7 Å². The summed E-state index contributed by atoms with van der Waals surface area (Å²) in [6.45, 7) is 4.25. The van der Waals surface area contributed by atoms with Crippen LogP contribution in [0.25, 0.3) is 11.1 Å². The summed E-state index contributed by atoms with van der Waals surface area (Å²) < 4.78 is 40.3. The Morgan fingerprint density at radius 3 is 2.55 bits per heavy atom. The molecule has 0 bridgehead atoms. The van der Waals surface area contributed by atoms with Gasteiger partial charge >= 0.3 is 6.18 Å². The molecule has 0 fully saturated rings. The maximum Gasteiger partial charge on any atom is 0.416 e. The average molecular weight is 400 g/mol. The molecule has 4 rings (SSSR count). The van der Waals surface area contributed by atoms with Crippen LogP contribution in [0.4, 0.5) is 18.9 Å². The van der Waals surface area contributed by atoms with Crippen molar-refractivity contribution in [2.45, 2.75) is 32.5 Å². The van der Waals surface area contributed by atoms with Crippen LogP contribution in [0, 0.1) is 0 Å². The number of benzene rings is 1. The molecule has 0 spiro atoms. The quantitative estimate of drug-likeness (QED) is 0.638. The van der Waals surface area contributed by atoms with Crippen LogP contribution in [0.15, 0.2) is 48.8 Å². The van der Waals surface area contributed by atoms with Crippen molar-refractivity contribution >= 4 is 11.6 Å². The SMILES string of the molecule is CCc1cc(-c2cnn3c2C(=O)N(c2ccc(C(F)(F)F)cc2)CC3C)ccn1. The van der Waals surface area contributed by atoms with Gasteiger partial charge in [-0.25, -0.2) is 0 Å². The van der Waals surface area contributed by atoms with E-state index in [0.717, 1.165) is 29.8 Å².